The Morgan fingerprint density at radius 1 is 1.50 bits per heavy atom. The van der Waals surface area contributed by atoms with Crippen molar-refractivity contribution in [2.24, 2.45) is 5.41 Å². The fourth-order valence-corrected chi connectivity index (χ4v) is 2.14. The summed E-state index contributed by atoms with van der Waals surface area (Å²) < 4.78 is 1.16. The van der Waals surface area contributed by atoms with Gasteiger partial charge in [0.15, 0.2) is 0 Å². The van der Waals surface area contributed by atoms with Crippen LogP contribution in [-0.2, 0) is 0 Å². The first-order valence-electron chi connectivity index (χ1n) is 4.59. The van der Waals surface area contributed by atoms with E-state index in [0.29, 0.717) is 0 Å². The number of hydrogen-bond acceptors (Lipinski definition) is 3. The molecule has 1 unspecified atom stereocenters. The summed E-state index contributed by atoms with van der Waals surface area (Å²) in [6.07, 6.45) is 5.44. The summed E-state index contributed by atoms with van der Waals surface area (Å²) in [6, 6.07) is 0. The van der Waals surface area contributed by atoms with Gasteiger partial charge in [0, 0.05) is 9.99 Å². The lowest BCUT2D eigenvalue weighted by Crippen LogP contribution is -2.23. The van der Waals surface area contributed by atoms with Crippen LogP contribution in [0.25, 0.3) is 0 Å². The van der Waals surface area contributed by atoms with Crippen molar-refractivity contribution in [2.45, 2.75) is 26.9 Å². The Bertz CT molecular complexity index is 204. The Labute approximate surface area is 96.0 Å². The molecule has 0 aromatic carbocycles. The van der Waals surface area contributed by atoms with Gasteiger partial charge in [-0.15, -0.1) is 30.1 Å². The summed E-state index contributed by atoms with van der Waals surface area (Å²) in [6.45, 7) is 9.77. The van der Waals surface area contributed by atoms with Gasteiger partial charge in [-0.05, 0) is 17.7 Å². The monoisotopic (exact) mass is 232 g/mol. The van der Waals surface area contributed by atoms with Crippen molar-refractivity contribution >= 4 is 23.5 Å². The fourth-order valence-electron chi connectivity index (χ4n) is 0.695. The summed E-state index contributed by atoms with van der Waals surface area (Å²) in [5.41, 5.74) is -0.0876. The van der Waals surface area contributed by atoms with Gasteiger partial charge in [0.2, 0.25) is 0 Å². The van der Waals surface area contributed by atoms with E-state index in [0.717, 1.165) is 9.99 Å². The summed E-state index contributed by atoms with van der Waals surface area (Å²) in [5.74, 6) is 0.892. The van der Waals surface area contributed by atoms with Crippen molar-refractivity contribution in [3.63, 3.8) is 0 Å². The lowest BCUT2D eigenvalue weighted by atomic mass is 9.89. The molecule has 0 radical (unpaired) electrons. The number of thioether (sulfide) groups is 2. The van der Waals surface area contributed by atoms with Gasteiger partial charge in [0.05, 0.1) is 6.10 Å². The van der Waals surface area contributed by atoms with E-state index in [9.17, 15) is 5.11 Å². The summed E-state index contributed by atoms with van der Waals surface area (Å²) in [4.78, 5) is 0. The molecule has 0 saturated heterocycles. The molecular formula is C11H20OS2. The van der Waals surface area contributed by atoms with Crippen LogP contribution in [0.4, 0.5) is 0 Å². The largest absolute Gasteiger partial charge is 0.388 e. The maximum atomic E-state index is 9.86. The highest BCUT2D eigenvalue weighted by Gasteiger charge is 2.20. The van der Waals surface area contributed by atoms with Gasteiger partial charge in [-0.25, -0.2) is 0 Å². The molecule has 1 nitrogen and oxygen atoms in total. The van der Waals surface area contributed by atoms with Crippen LogP contribution in [0, 0.1) is 5.41 Å². The van der Waals surface area contributed by atoms with E-state index in [1.807, 2.05) is 39.2 Å². The Balaban J connectivity index is 4.34. The third-order valence-electron chi connectivity index (χ3n) is 1.73. The maximum absolute atomic E-state index is 9.86. The molecule has 0 fully saturated rings. The van der Waals surface area contributed by atoms with Gasteiger partial charge in [0.25, 0.3) is 0 Å². The third-order valence-corrected chi connectivity index (χ3v) is 3.94. The van der Waals surface area contributed by atoms with Crippen molar-refractivity contribution in [2.75, 3.05) is 12.0 Å². The second-order valence-electron chi connectivity index (χ2n) is 4.10. The lowest BCUT2D eigenvalue weighted by molar-refractivity contribution is 0.105. The highest BCUT2D eigenvalue weighted by atomic mass is 32.2. The first-order valence-corrected chi connectivity index (χ1v) is 6.80. The fraction of sp³-hybridized carbons (Fsp3) is 0.636. The Kier molecular flexibility index (Phi) is 6.66. The highest BCUT2D eigenvalue weighted by molar-refractivity contribution is 8.22. The van der Waals surface area contributed by atoms with E-state index >= 15 is 0 Å². The maximum Gasteiger partial charge on any atom is 0.0787 e. The second-order valence-corrected chi connectivity index (χ2v) is 6.27. The first kappa shape index (κ1) is 14.1. The molecule has 0 saturated carbocycles. The van der Waals surface area contributed by atoms with Crippen LogP contribution >= 0.6 is 23.5 Å². The molecule has 3 heteroatoms. The number of rotatable bonds is 5. The van der Waals surface area contributed by atoms with Gasteiger partial charge in [0.1, 0.15) is 0 Å². The number of aliphatic hydroxyl groups excluding tert-OH is 1. The number of aliphatic hydroxyl groups is 1. The zero-order valence-electron chi connectivity index (χ0n) is 9.41. The zero-order valence-corrected chi connectivity index (χ0v) is 11.0. The van der Waals surface area contributed by atoms with Crippen LogP contribution < -0.4 is 0 Å². The molecule has 0 aliphatic carbocycles. The van der Waals surface area contributed by atoms with Crippen molar-refractivity contribution in [1.29, 1.82) is 0 Å². The van der Waals surface area contributed by atoms with Crippen LogP contribution in [0.2, 0.25) is 0 Å². The van der Waals surface area contributed by atoms with Crippen LogP contribution in [0.1, 0.15) is 20.8 Å². The zero-order chi connectivity index (χ0) is 11.2. The van der Waals surface area contributed by atoms with Crippen LogP contribution in [-0.4, -0.2) is 23.2 Å². The van der Waals surface area contributed by atoms with E-state index < -0.39 is 0 Å². The van der Waals surface area contributed by atoms with Crippen molar-refractivity contribution < 1.29 is 5.11 Å². The predicted octanol–water partition coefficient (Wildman–Crippen LogP) is 3.52. The molecule has 0 bridgehead atoms. The SMILES string of the molecule is C=CCS/C(=C/C(O)C(C)(C)C)SC. The standard InChI is InChI=1S/C11H20OS2/c1-6-7-14-10(13-5)8-9(12)11(2,3)4/h6,8-9,12H,1,7H2,2-5H3/b10-8+. The lowest BCUT2D eigenvalue weighted by Gasteiger charge is -2.23. The minimum atomic E-state index is -0.387. The first-order chi connectivity index (χ1) is 6.41. The van der Waals surface area contributed by atoms with Crippen LogP contribution in [0.5, 0.6) is 0 Å². The smallest absolute Gasteiger partial charge is 0.0787 e. The van der Waals surface area contributed by atoms with Crippen molar-refractivity contribution in [3.8, 4) is 0 Å². The van der Waals surface area contributed by atoms with E-state index in [4.69, 9.17) is 0 Å². The van der Waals surface area contributed by atoms with Gasteiger partial charge in [-0.2, -0.15) is 0 Å². The second kappa shape index (κ2) is 6.59. The Hall–Kier alpha value is 0.140. The van der Waals surface area contributed by atoms with Gasteiger partial charge >= 0.3 is 0 Å². The summed E-state index contributed by atoms with van der Waals surface area (Å²) in [5, 5.41) is 9.86. The molecule has 0 spiro atoms. The molecule has 0 rings (SSSR count). The van der Waals surface area contributed by atoms with E-state index in [1.165, 1.54) is 0 Å². The molecule has 0 amide bonds. The Morgan fingerprint density at radius 3 is 2.43 bits per heavy atom. The summed E-state index contributed by atoms with van der Waals surface area (Å²) >= 11 is 3.38. The topological polar surface area (TPSA) is 20.2 Å². The molecule has 0 aliphatic heterocycles. The average Bonchev–Trinajstić information content (AvgIpc) is 2.10. The molecule has 1 atom stereocenters. The predicted molar refractivity (Wildman–Crippen MR) is 69.7 cm³/mol. The summed E-state index contributed by atoms with van der Waals surface area (Å²) in [7, 11) is 0. The molecule has 14 heavy (non-hydrogen) atoms. The average molecular weight is 232 g/mol. The quantitative estimate of drug-likeness (QED) is 0.732. The normalized spacial score (nSPS) is 15.4. The van der Waals surface area contributed by atoms with E-state index in [-0.39, 0.29) is 11.5 Å². The molecule has 82 valence electrons. The molecule has 1 N–H and O–H groups in total. The van der Waals surface area contributed by atoms with Crippen LogP contribution in [0.3, 0.4) is 0 Å². The molecule has 0 heterocycles. The molecule has 0 aromatic rings. The third kappa shape index (κ3) is 5.78. The van der Waals surface area contributed by atoms with Crippen molar-refractivity contribution in [3.05, 3.63) is 23.0 Å². The minimum Gasteiger partial charge on any atom is -0.388 e. The van der Waals surface area contributed by atoms with Gasteiger partial charge < -0.3 is 5.11 Å². The van der Waals surface area contributed by atoms with E-state index in [2.05, 4.69) is 6.58 Å². The highest BCUT2D eigenvalue weighted by Crippen LogP contribution is 2.30. The number of hydrogen-bond donors (Lipinski definition) is 1. The van der Waals surface area contributed by atoms with E-state index in [1.54, 1.807) is 23.5 Å². The van der Waals surface area contributed by atoms with Gasteiger partial charge in [-0.3, -0.25) is 0 Å². The molecule has 0 aliphatic rings. The minimum absolute atomic E-state index is 0.0876. The molecular weight excluding hydrogens is 212 g/mol. The molecule has 0 aromatic heterocycles. The van der Waals surface area contributed by atoms with Crippen molar-refractivity contribution in [1.82, 2.24) is 0 Å². The Morgan fingerprint density at radius 2 is 2.07 bits per heavy atom. The van der Waals surface area contributed by atoms with Crippen LogP contribution in [0.15, 0.2) is 23.0 Å². The van der Waals surface area contributed by atoms with Gasteiger partial charge in [-0.1, -0.05) is 26.8 Å².